The second kappa shape index (κ2) is 11.5. The molecule has 0 saturated heterocycles. The smallest absolute Gasteiger partial charge is 0.372 e. The van der Waals surface area contributed by atoms with Crippen LogP contribution in [-0.4, -0.2) is 38.9 Å². The van der Waals surface area contributed by atoms with E-state index in [0.717, 1.165) is 5.56 Å². The summed E-state index contributed by atoms with van der Waals surface area (Å²) in [5.41, 5.74) is 2.33. The Morgan fingerprint density at radius 3 is 2.39 bits per heavy atom. The van der Waals surface area contributed by atoms with Crippen LogP contribution in [0.3, 0.4) is 0 Å². The molecule has 0 fully saturated rings. The van der Waals surface area contributed by atoms with Crippen molar-refractivity contribution in [3.8, 4) is 0 Å². The van der Waals surface area contributed by atoms with Gasteiger partial charge >= 0.3 is 6.18 Å². The van der Waals surface area contributed by atoms with Crippen LogP contribution in [0.4, 0.5) is 13.2 Å². The molecule has 0 radical (unpaired) electrons. The van der Waals surface area contributed by atoms with Gasteiger partial charge in [0.15, 0.2) is 5.96 Å². The SMILES string of the molecule is CN=C(NCCCOCC(F)(F)F)NCc1ccc(C)cc1.I. The molecule has 0 atom stereocenters. The van der Waals surface area contributed by atoms with Crippen LogP contribution in [0, 0.1) is 6.92 Å². The number of rotatable bonds is 7. The molecule has 0 aliphatic heterocycles. The largest absolute Gasteiger partial charge is 0.411 e. The van der Waals surface area contributed by atoms with Crippen molar-refractivity contribution in [3.63, 3.8) is 0 Å². The Hall–Kier alpha value is -1.03. The van der Waals surface area contributed by atoms with E-state index in [1.54, 1.807) is 7.05 Å². The average Bonchev–Trinajstić information content (AvgIpc) is 2.46. The standard InChI is InChI=1S/C15H22F3N3O.HI/c1-12-4-6-13(7-5-12)10-21-14(19-2)20-8-3-9-22-11-15(16,17)18;/h4-7H,3,8-11H2,1-2H3,(H2,19,20,21);1H. The summed E-state index contributed by atoms with van der Waals surface area (Å²) in [6.07, 6.45) is -3.79. The third-order valence-electron chi connectivity index (χ3n) is 2.83. The van der Waals surface area contributed by atoms with Gasteiger partial charge in [0.25, 0.3) is 0 Å². The first-order valence-corrected chi connectivity index (χ1v) is 7.05. The molecular weight excluding hydrogens is 422 g/mol. The summed E-state index contributed by atoms with van der Waals surface area (Å²) in [6.45, 7) is 2.00. The molecule has 23 heavy (non-hydrogen) atoms. The summed E-state index contributed by atoms with van der Waals surface area (Å²) in [7, 11) is 1.64. The highest BCUT2D eigenvalue weighted by atomic mass is 127. The highest BCUT2D eigenvalue weighted by Crippen LogP contribution is 2.14. The number of benzene rings is 1. The number of ether oxygens (including phenoxy) is 1. The molecule has 4 nitrogen and oxygen atoms in total. The minimum atomic E-state index is -4.26. The van der Waals surface area contributed by atoms with Crippen LogP contribution in [0.25, 0.3) is 0 Å². The van der Waals surface area contributed by atoms with Crippen molar-refractivity contribution in [3.05, 3.63) is 35.4 Å². The summed E-state index contributed by atoms with van der Waals surface area (Å²) in [6, 6.07) is 8.12. The Morgan fingerprint density at radius 1 is 1.17 bits per heavy atom. The molecule has 0 saturated carbocycles. The van der Waals surface area contributed by atoms with Gasteiger partial charge in [0.1, 0.15) is 6.61 Å². The number of halogens is 4. The molecule has 0 aliphatic rings. The van der Waals surface area contributed by atoms with E-state index in [0.29, 0.717) is 25.5 Å². The Labute approximate surface area is 151 Å². The molecule has 1 aromatic rings. The van der Waals surface area contributed by atoms with Crippen molar-refractivity contribution >= 4 is 29.9 Å². The fraction of sp³-hybridized carbons (Fsp3) is 0.533. The van der Waals surface area contributed by atoms with Crippen LogP contribution in [0.5, 0.6) is 0 Å². The monoisotopic (exact) mass is 445 g/mol. The molecule has 132 valence electrons. The summed E-state index contributed by atoms with van der Waals surface area (Å²) >= 11 is 0. The lowest BCUT2D eigenvalue weighted by molar-refractivity contribution is -0.173. The van der Waals surface area contributed by atoms with E-state index in [1.165, 1.54) is 5.56 Å². The molecule has 1 rings (SSSR count). The van der Waals surface area contributed by atoms with Crippen LogP contribution in [0.2, 0.25) is 0 Å². The fourth-order valence-corrected chi connectivity index (χ4v) is 1.68. The van der Waals surface area contributed by atoms with Gasteiger partial charge in [0.05, 0.1) is 0 Å². The topological polar surface area (TPSA) is 45.7 Å². The van der Waals surface area contributed by atoms with Gasteiger partial charge in [-0.2, -0.15) is 13.2 Å². The van der Waals surface area contributed by atoms with Gasteiger partial charge in [0.2, 0.25) is 0 Å². The molecular formula is C15H23F3IN3O. The van der Waals surface area contributed by atoms with E-state index in [-0.39, 0.29) is 30.6 Å². The second-order valence-corrected chi connectivity index (χ2v) is 4.86. The van der Waals surface area contributed by atoms with Gasteiger partial charge in [-0.3, -0.25) is 4.99 Å². The molecule has 0 aliphatic carbocycles. The summed E-state index contributed by atoms with van der Waals surface area (Å²) < 4.78 is 40.1. The number of alkyl halides is 3. The van der Waals surface area contributed by atoms with Crippen molar-refractivity contribution in [2.75, 3.05) is 26.8 Å². The lowest BCUT2D eigenvalue weighted by Crippen LogP contribution is -2.37. The Bertz CT molecular complexity index is 464. The Balaban J connectivity index is 0.00000484. The molecule has 0 heterocycles. The lowest BCUT2D eigenvalue weighted by Gasteiger charge is -2.12. The molecule has 0 amide bonds. The van der Waals surface area contributed by atoms with E-state index in [1.807, 2.05) is 31.2 Å². The summed E-state index contributed by atoms with van der Waals surface area (Å²) in [4.78, 5) is 4.05. The maximum Gasteiger partial charge on any atom is 0.411 e. The van der Waals surface area contributed by atoms with Gasteiger partial charge in [-0.15, -0.1) is 24.0 Å². The highest BCUT2D eigenvalue weighted by molar-refractivity contribution is 14.0. The van der Waals surface area contributed by atoms with Gasteiger partial charge in [-0.05, 0) is 18.9 Å². The van der Waals surface area contributed by atoms with Crippen LogP contribution in [-0.2, 0) is 11.3 Å². The van der Waals surface area contributed by atoms with Crippen LogP contribution in [0.15, 0.2) is 29.3 Å². The number of aliphatic imine (C=N–C) groups is 1. The predicted octanol–water partition coefficient (Wildman–Crippen LogP) is 3.25. The molecule has 0 unspecified atom stereocenters. The highest BCUT2D eigenvalue weighted by Gasteiger charge is 2.27. The molecule has 2 N–H and O–H groups in total. The fourth-order valence-electron chi connectivity index (χ4n) is 1.68. The predicted molar refractivity (Wildman–Crippen MR) is 96.3 cm³/mol. The normalized spacial score (nSPS) is 11.8. The van der Waals surface area contributed by atoms with Crippen molar-refractivity contribution in [2.24, 2.45) is 4.99 Å². The van der Waals surface area contributed by atoms with Crippen LogP contribution in [0.1, 0.15) is 17.5 Å². The van der Waals surface area contributed by atoms with E-state index in [4.69, 9.17) is 0 Å². The minimum absolute atomic E-state index is 0. The van der Waals surface area contributed by atoms with Gasteiger partial charge in [0, 0.05) is 26.7 Å². The van der Waals surface area contributed by atoms with Crippen molar-refractivity contribution in [2.45, 2.75) is 26.1 Å². The quantitative estimate of drug-likeness (QED) is 0.293. The van der Waals surface area contributed by atoms with Gasteiger partial charge in [-0.25, -0.2) is 0 Å². The maximum absolute atomic E-state index is 11.9. The molecule has 0 bridgehead atoms. The number of nitrogens with zero attached hydrogens (tertiary/aromatic N) is 1. The first-order chi connectivity index (χ1) is 10.4. The maximum atomic E-state index is 11.9. The zero-order valence-corrected chi connectivity index (χ0v) is 15.6. The van der Waals surface area contributed by atoms with E-state index in [9.17, 15) is 13.2 Å². The average molecular weight is 445 g/mol. The molecule has 0 aromatic heterocycles. The molecule has 0 spiro atoms. The van der Waals surface area contributed by atoms with Gasteiger partial charge in [-0.1, -0.05) is 29.8 Å². The van der Waals surface area contributed by atoms with Crippen molar-refractivity contribution in [1.82, 2.24) is 10.6 Å². The number of aryl methyl sites for hydroxylation is 1. The third kappa shape index (κ3) is 11.2. The zero-order chi connectivity index (χ0) is 16.4. The Kier molecular flexibility index (Phi) is 11.0. The number of guanidine groups is 1. The number of hydrogen-bond donors (Lipinski definition) is 2. The first-order valence-electron chi connectivity index (χ1n) is 7.05. The van der Waals surface area contributed by atoms with E-state index in [2.05, 4.69) is 20.4 Å². The van der Waals surface area contributed by atoms with E-state index >= 15 is 0 Å². The van der Waals surface area contributed by atoms with Crippen LogP contribution < -0.4 is 10.6 Å². The molecule has 1 aromatic carbocycles. The number of hydrogen-bond acceptors (Lipinski definition) is 2. The molecule has 8 heteroatoms. The third-order valence-corrected chi connectivity index (χ3v) is 2.83. The number of nitrogens with one attached hydrogen (secondary N) is 2. The first kappa shape index (κ1) is 22.0. The second-order valence-electron chi connectivity index (χ2n) is 4.86. The van der Waals surface area contributed by atoms with E-state index < -0.39 is 12.8 Å². The van der Waals surface area contributed by atoms with Crippen molar-refractivity contribution < 1.29 is 17.9 Å². The summed E-state index contributed by atoms with van der Waals surface area (Å²) in [5.74, 6) is 0.608. The van der Waals surface area contributed by atoms with Gasteiger partial charge < -0.3 is 15.4 Å². The lowest BCUT2D eigenvalue weighted by atomic mass is 10.1. The van der Waals surface area contributed by atoms with Crippen LogP contribution >= 0.6 is 24.0 Å². The van der Waals surface area contributed by atoms with Crippen molar-refractivity contribution in [1.29, 1.82) is 0 Å². The Morgan fingerprint density at radius 2 is 1.83 bits per heavy atom. The summed E-state index contributed by atoms with van der Waals surface area (Å²) in [5, 5.41) is 6.16. The minimum Gasteiger partial charge on any atom is -0.372 e. The zero-order valence-electron chi connectivity index (χ0n) is 13.2.